The minimum Gasteiger partial charge on any atom is -0.433 e. The van der Waals surface area contributed by atoms with Crippen molar-refractivity contribution in [3.63, 3.8) is 0 Å². The van der Waals surface area contributed by atoms with Crippen LogP contribution in [0.1, 0.15) is 0 Å². The zero-order valence-electron chi connectivity index (χ0n) is 8.06. The highest BCUT2D eigenvalue weighted by Crippen LogP contribution is 2.22. The van der Waals surface area contributed by atoms with Gasteiger partial charge in [-0.25, -0.2) is 4.79 Å². The molecule has 4 nitrogen and oxygen atoms in total. The van der Waals surface area contributed by atoms with Gasteiger partial charge in [-0.2, -0.15) is 8.78 Å². The molecule has 1 aromatic heterocycles. The Kier molecular flexibility index (Phi) is 2.72. The number of benzene rings is 1. The molecule has 84 valence electrons. The number of para-hydroxylation sites is 2. The molecule has 6 heteroatoms. The normalized spacial score (nSPS) is 10.7. The molecule has 16 heavy (non-hydrogen) atoms. The first-order chi connectivity index (χ1) is 7.68. The fraction of sp³-hybridized carbons (Fsp3) is 0.100. The van der Waals surface area contributed by atoms with Crippen LogP contribution in [0.3, 0.4) is 0 Å². The number of hydrogen-bond acceptors (Lipinski definition) is 2. The number of H-pyrrole nitrogens is 1. The van der Waals surface area contributed by atoms with E-state index in [9.17, 15) is 13.6 Å². The standard InChI is InChI=1S/C10H8F2N2O2/c11-9(12)16-8-4-2-1-3-7(8)14-6-5-13-10(14)15/h1-6,9H,(H,13,15). The molecule has 0 bridgehead atoms. The molecule has 0 radical (unpaired) electrons. The average Bonchev–Trinajstić information content (AvgIpc) is 2.64. The lowest BCUT2D eigenvalue weighted by Gasteiger charge is -2.09. The van der Waals surface area contributed by atoms with Gasteiger partial charge in [-0.3, -0.25) is 4.57 Å². The molecule has 1 aromatic carbocycles. The van der Waals surface area contributed by atoms with Crippen LogP contribution in [0.25, 0.3) is 5.69 Å². The van der Waals surface area contributed by atoms with Crippen LogP contribution < -0.4 is 10.4 Å². The lowest BCUT2D eigenvalue weighted by atomic mass is 10.3. The van der Waals surface area contributed by atoms with Crippen LogP contribution in [-0.4, -0.2) is 16.2 Å². The van der Waals surface area contributed by atoms with E-state index in [4.69, 9.17) is 0 Å². The topological polar surface area (TPSA) is 47.0 Å². The van der Waals surface area contributed by atoms with E-state index < -0.39 is 12.3 Å². The molecule has 0 unspecified atom stereocenters. The van der Waals surface area contributed by atoms with Gasteiger partial charge >= 0.3 is 12.3 Å². The maximum absolute atomic E-state index is 12.1. The van der Waals surface area contributed by atoms with Gasteiger partial charge in [0.05, 0.1) is 5.69 Å². The molecule has 0 spiro atoms. The van der Waals surface area contributed by atoms with Gasteiger partial charge in [-0.1, -0.05) is 12.1 Å². The third-order valence-corrected chi connectivity index (χ3v) is 1.99. The molecule has 0 aliphatic rings. The third kappa shape index (κ3) is 1.95. The number of nitrogens with one attached hydrogen (secondary N) is 1. The van der Waals surface area contributed by atoms with Crippen molar-refractivity contribution in [2.24, 2.45) is 0 Å². The first-order valence-corrected chi connectivity index (χ1v) is 4.49. The Morgan fingerprint density at radius 1 is 1.31 bits per heavy atom. The number of aromatic amines is 1. The first-order valence-electron chi connectivity index (χ1n) is 4.49. The second kappa shape index (κ2) is 4.18. The van der Waals surface area contributed by atoms with Crippen LogP contribution in [0.15, 0.2) is 41.5 Å². The summed E-state index contributed by atoms with van der Waals surface area (Å²) in [7, 11) is 0. The summed E-state index contributed by atoms with van der Waals surface area (Å²) < 4.78 is 29.8. The van der Waals surface area contributed by atoms with Gasteiger partial charge in [0.1, 0.15) is 5.75 Å². The van der Waals surface area contributed by atoms with E-state index in [0.29, 0.717) is 0 Å². The quantitative estimate of drug-likeness (QED) is 0.866. The zero-order chi connectivity index (χ0) is 11.5. The van der Waals surface area contributed by atoms with Crippen LogP contribution in [-0.2, 0) is 0 Å². The second-order valence-corrected chi connectivity index (χ2v) is 2.98. The molecule has 0 atom stereocenters. The molecule has 0 fully saturated rings. The molecule has 0 aliphatic carbocycles. The molecule has 1 N–H and O–H groups in total. The highest BCUT2D eigenvalue weighted by molar-refractivity contribution is 5.46. The third-order valence-electron chi connectivity index (χ3n) is 1.99. The molecule has 2 rings (SSSR count). The lowest BCUT2D eigenvalue weighted by molar-refractivity contribution is -0.0498. The largest absolute Gasteiger partial charge is 0.433 e. The van der Waals surface area contributed by atoms with Gasteiger partial charge in [-0.15, -0.1) is 0 Å². The minimum atomic E-state index is -2.92. The van der Waals surface area contributed by atoms with Crippen molar-refractivity contribution < 1.29 is 13.5 Å². The van der Waals surface area contributed by atoms with Crippen molar-refractivity contribution in [3.8, 4) is 11.4 Å². The predicted molar refractivity (Wildman–Crippen MR) is 53.0 cm³/mol. The van der Waals surface area contributed by atoms with Crippen molar-refractivity contribution in [1.82, 2.24) is 9.55 Å². The Bertz CT molecular complexity index is 533. The fourth-order valence-corrected chi connectivity index (χ4v) is 1.36. The summed E-state index contributed by atoms with van der Waals surface area (Å²) in [4.78, 5) is 13.7. The minimum absolute atomic E-state index is 0.0424. The van der Waals surface area contributed by atoms with E-state index in [1.165, 1.54) is 29.1 Å². The second-order valence-electron chi connectivity index (χ2n) is 2.98. The van der Waals surface area contributed by atoms with Crippen LogP contribution in [0, 0.1) is 0 Å². The highest BCUT2D eigenvalue weighted by Gasteiger charge is 2.11. The molecule has 0 aliphatic heterocycles. The molecular weight excluding hydrogens is 218 g/mol. The number of rotatable bonds is 3. The van der Waals surface area contributed by atoms with Gasteiger partial charge in [0.25, 0.3) is 0 Å². The predicted octanol–water partition coefficient (Wildman–Crippen LogP) is 1.77. The number of alkyl halides is 2. The van der Waals surface area contributed by atoms with Crippen LogP contribution in [0.4, 0.5) is 8.78 Å². The number of hydrogen-bond donors (Lipinski definition) is 1. The monoisotopic (exact) mass is 226 g/mol. The maximum Gasteiger partial charge on any atom is 0.387 e. The summed E-state index contributed by atoms with van der Waals surface area (Å²) in [6, 6.07) is 6.08. The number of nitrogens with zero attached hydrogens (tertiary/aromatic N) is 1. The summed E-state index contributed by atoms with van der Waals surface area (Å²) in [6.07, 6.45) is 2.86. The average molecular weight is 226 g/mol. The van der Waals surface area contributed by atoms with Crippen LogP contribution in [0.2, 0.25) is 0 Å². The summed E-state index contributed by atoms with van der Waals surface area (Å²) >= 11 is 0. The van der Waals surface area contributed by atoms with Gasteiger partial charge in [0.2, 0.25) is 0 Å². The SMILES string of the molecule is O=c1[nH]ccn1-c1ccccc1OC(F)F. The number of halogens is 2. The highest BCUT2D eigenvalue weighted by atomic mass is 19.3. The van der Waals surface area contributed by atoms with Crippen LogP contribution in [0.5, 0.6) is 5.75 Å². The molecule has 0 saturated heterocycles. The fourth-order valence-electron chi connectivity index (χ4n) is 1.36. The van der Waals surface area contributed by atoms with E-state index in [1.807, 2.05) is 0 Å². The van der Waals surface area contributed by atoms with Gasteiger partial charge < -0.3 is 9.72 Å². The molecule has 1 heterocycles. The molecule has 2 aromatic rings. The number of ether oxygens (including phenoxy) is 1. The Morgan fingerprint density at radius 2 is 2.06 bits per heavy atom. The van der Waals surface area contributed by atoms with Gasteiger partial charge in [-0.05, 0) is 12.1 Å². The Hall–Kier alpha value is -2.11. The van der Waals surface area contributed by atoms with Crippen LogP contribution >= 0.6 is 0 Å². The lowest BCUT2D eigenvalue weighted by Crippen LogP contribution is -2.15. The molecule has 0 saturated carbocycles. The Balaban J connectivity index is 2.49. The maximum atomic E-state index is 12.1. The summed E-state index contributed by atoms with van der Waals surface area (Å²) in [5.74, 6) is -0.0424. The van der Waals surface area contributed by atoms with Crippen molar-refractivity contribution >= 4 is 0 Å². The summed E-state index contributed by atoms with van der Waals surface area (Å²) in [5.41, 5.74) is -0.139. The van der Waals surface area contributed by atoms with Crippen molar-refractivity contribution in [2.75, 3.05) is 0 Å². The van der Waals surface area contributed by atoms with Gasteiger partial charge in [0.15, 0.2) is 0 Å². The van der Waals surface area contributed by atoms with Crippen molar-refractivity contribution in [2.45, 2.75) is 6.61 Å². The number of aromatic nitrogens is 2. The van der Waals surface area contributed by atoms with Gasteiger partial charge in [0, 0.05) is 12.4 Å². The zero-order valence-corrected chi connectivity index (χ0v) is 8.06. The van der Waals surface area contributed by atoms with E-state index in [-0.39, 0.29) is 11.4 Å². The van der Waals surface area contributed by atoms with E-state index in [2.05, 4.69) is 9.72 Å². The Labute approximate surface area is 89.1 Å². The first kappa shape index (κ1) is 10.4. The Morgan fingerprint density at radius 3 is 2.69 bits per heavy atom. The smallest absolute Gasteiger partial charge is 0.387 e. The van der Waals surface area contributed by atoms with Crippen molar-refractivity contribution in [3.05, 3.63) is 47.1 Å². The summed E-state index contributed by atoms with van der Waals surface area (Å²) in [6.45, 7) is -2.92. The summed E-state index contributed by atoms with van der Waals surface area (Å²) in [5, 5.41) is 0. The molecule has 0 amide bonds. The van der Waals surface area contributed by atoms with E-state index >= 15 is 0 Å². The number of imidazole rings is 1. The van der Waals surface area contributed by atoms with E-state index in [1.54, 1.807) is 12.1 Å². The van der Waals surface area contributed by atoms with Crippen molar-refractivity contribution in [1.29, 1.82) is 0 Å². The van der Waals surface area contributed by atoms with E-state index in [0.717, 1.165) is 0 Å². The molecular formula is C10H8F2N2O2.